The summed E-state index contributed by atoms with van der Waals surface area (Å²) in [4.78, 5) is 7.32. The molecule has 0 atom stereocenters. The van der Waals surface area contributed by atoms with Crippen LogP contribution in [0, 0.1) is 0 Å². The minimum Gasteiger partial charge on any atom is -0.339 e. The minimum absolute atomic E-state index is 0.966. The molecule has 56 valence electrons. The summed E-state index contributed by atoms with van der Waals surface area (Å²) in [7, 11) is 0. The molecule has 0 saturated heterocycles. The van der Waals surface area contributed by atoms with Gasteiger partial charge in [0.2, 0.25) is 0 Å². The quantitative estimate of drug-likeness (QED) is 0.689. The van der Waals surface area contributed by atoms with Crippen LogP contribution in [-0.2, 0) is 0 Å². The fourth-order valence-electron chi connectivity index (χ4n) is 0.976. The van der Waals surface area contributed by atoms with E-state index in [-0.39, 0.29) is 0 Å². The zero-order valence-corrected chi connectivity index (χ0v) is 7.03. The molecule has 2 rings (SSSR count). The molecule has 0 aliphatic heterocycles. The lowest BCUT2D eigenvalue weighted by Gasteiger charge is -1.89. The first-order valence-corrected chi connectivity index (χ1v) is 4.23. The van der Waals surface area contributed by atoms with Crippen molar-refractivity contribution in [3.63, 3.8) is 0 Å². The molecule has 2 aromatic rings. The molecular weight excluding hydrogens is 156 g/mol. The maximum atomic E-state index is 4.14. The monoisotopic (exact) mass is 164 g/mol. The number of hydrogen-bond donors (Lipinski definition) is 1. The molecule has 0 bridgehead atoms. The fourth-order valence-corrected chi connectivity index (χ4v) is 1.65. The molecular formula is C8H8N2S. The lowest BCUT2D eigenvalue weighted by Crippen LogP contribution is -1.74. The highest BCUT2D eigenvalue weighted by atomic mass is 32.1. The largest absolute Gasteiger partial charge is 0.339 e. The number of aromatic nitrogens is 2. The first kappa shape index (κ1) is 6.61. The Morgan fingerprint density at radius 3 is 3.18 bits per heavy atom. The Kier molecular flexibility index (Phi) is 1.32. The third-order valence-corrected chi connectivity index (χ3v) is 2.36. The smallest absolute Gasteiger partial charge is 0.148 e. The summed E-state index contributed by atoms with van der Waals surface area (Å²) < 4.78 is 1.20. The van der Waals surface area contributed by atoms with Crippen LogP contribution in [-0.4, -0.2) is 9.97 Å². The Bertz CT molecular complexity index is 368. The predicted molar refractivity (Wildman–Crippen MR) is 48.7 cm³/mol. The third-order valence-electron chi connectivity index (χ3n) is 1.58. The van der Waals surface area contributed by atoms with Gasteiger partial charge in [0.15, 0.2) is 0 Å². The number of allylic oxidation sites excluding steroid dienone is 1. The molecule has 2 nitrogen and oxygen atoms in total. The van der Waals surface area contributed by atoms with Crippen LogP contribution in [0.15, 0.2) is 18.2 Å². The summed E-state index contributed by atoms with van der Waals surface area (Å²) >= 11 is 1.64. The normalized spacial score (nSPS) is 10.6. The maximum Gasteiger partial charge on any atom is 0.148 e. The van der Waals surface area contributed by atoms with Crippen LogP contribution in [0.25, 0.3) is 15.9 Å². The lowest BCUT2D eigenvalue weighted by molar-refractivity contribution is 1.32. The van der Waals surface area contributed by atoms with E-state index in [1.165, 1.54) is 4.70 Å². The van der Waals surface area contributed by atoms with Crippen molar-refractivity contribution in [1.82, 2.24) is 9.97 Å². The van der Waals surface area contributed by atoms with E-state index in [0.717, 1.165) is 16.9 Å². The SMILES string of the molecule is C=C(C)c1cc2scnc2[nH]1. The van der Waals surface area contributed by atoms with E-state index in [9.17, 15) is 0 Å². The average Bonchev–Trinajstić information content (AvgIpc) is 2.40. The molecule has 2 aromatic heterocycles. The predicted octanol–water partition coefficient (Wildman–Crippen LogP) is 2.66. The van der Waals surface area contributed by atoms with E-state index in [0.29, 0.717) is 0 Å². The number of hydrogen-bond acceptors (Lipinski definition) is 2. The van der Waals surface area contributed by atoms with Gasteiger partial charge in [-0.15, -0.1) is 11.3 Å². The van der Waals surface area contributed by atoms with Crippen LogP contribution in [0.3, 0.4) is 0 Å². The van der Waals surface area contributed by atoms with Crippen molar-refractivity contribution >= 4 is 27.3 Å². The number of nitrogens with one attached hydrogen (secondary N) is 1. The lowest BCUT2D eigenvalue weighted by atomic mass is 10.2. The van der Waals surface area contributed by atoms with Gasteiger partial charge in [-0.3, -0.25) is 0 Å². The van der Waals surface area contributed by atoms with E-state index in [1.807, 2.05) is 12.4 Å². The Labute approximate surface area is 68.6 Å². The third kappa shape index (κ3) is 0.973. The molecule has 0 fully saturated rings. The highest BCUT2D eigenvalue weighted by Gasteiger charge is 2.01. The van der Waals surface area contributed by atoms with E-state index < -0.39 is 0 Å². The Morgan fingerprint density at radius 1 is 1.73 bits per heavy atom. The summed E-state index contributed by atoms with van der Waals surface area (Å²) in [5.74, 6) is 0. The van der Waals surface area contributed by atoms with Gasteiger partial charge >= 0.3 is 0 Å². The number of rotatable bonds is 1. The molecule has 0 aromatic carbocycles. The summed E-state index contributed by atoms with van der Waals surface area (Å²) in [6, 6.07) is 2.08. The van der Waals surface area contributed by atoms with Gasteiger partial charge < -0.3 is 4.98 Å². The molecule has 0 aliphatic rings. The topological polar surface area (TPSA) is 28.7 Å². The van der Waals surface area contributed by atoms with Gasteiger partial charge in [-0.05, 0) is 18.6 Å². The van der Waals surface area contributed by atoms with Crippen LogP contribution in [0.5, 0.6) is 0 Å². The van der Waals surface area contributed by atoms with Crippen molar-refractivity contribution < 1.29 is 0 Å². The molecule has 0 unspecified atom stereocenters. The van der Waals surface area contributed by atoms with Crippen molar-refractivity contribution in [2.45, 2.75) is 6.92 Å². The Morgan fingerprint density at radius 2 is 2.55 bits per heavy atom. The minimum atomic E-state index is 0.966. The number of thiazole rings is 1. The fraction of sp³-hybridized carbons (Fsp3) is 0.125. The van der Waals surface area contributed by atoms with Gasteiger partial charge in [-0.25, -0.2) is 4.98 Å². The second-order valence-corrected chi connectivity index (χ2v) is 3.41. The zero-order valence-electron chi connectivity index (χ0n) is 6.22. The first-order valence-electron chi connectivity index (χ1n) is 3.35. The van der Waals surface area contributed by atoms with Gasteiger partial charge in [0.05, 0.1) is 10.2 Å². The molecule has 0 radical (unpaired) electrons. The molecule has 0 amide bonds. The van der Waals surface area contributed by atoms with Gasteiger partial charge in [0.1, 0.15) is 5.65 Å². The second-order valence-electron chi connectivity index (χ2n) is 2.53. The van der Waals surface area contributed by atoms with E-state index in [2.05, 4.69) is 22.6 Å². The molecule has 0 saturated carbocycles. The summed E-state index contributed by atoms with van der Waals surface area (Å²) in [5, 5.41) is 0. The van der Waals surface area contributed by atoms with Crippen molar-refractivity contribution in [2.24, 2.45) is 0 Å². The molecule has 1 N–H and O–H groups in total. The van der Waals surface area contributed by atoms with E-state index in [1.54, 1.807) is 11.3 Å². The molecule has 0 spiro atoms. The second kappa shape index (κ2) is 2.20. The van der Waals surface area contributed by atoms with Gasteiger partial charge in [-0.2, -0.15) is 0 Å². The Hall–Kier alpha value is -1.09. The number of fused-ring (bicyclic) bond motifs is 1. The van der Waals surface area contributed by atoms with Crippen LogP contribution in [0.1, 0.15) is 12.6 Å². The van der Waals surface area contributed by atoms with Gasteiger partial charge in [0, 0.05) is 5.69 Å². The van der Waals surface area contributed by atoms with Crippen molar-refractivity contribution in [3.8, 4) is 0 Å². The molecule has 11 heavy (non-hydrogen) atoms. The van der Waals surface area contributed by atoms with Gasteiger partial charge in [0.25, 0.3) is 0 Å². The number of aromatic amines is 1. The van der Waals surface area contributed by atoms with Crippen molar-refractivity contribution in [2.75, 3.05) is 0 Å². The molecule has 2 heterocycles. The van der Waals surface area contributed by atoms with Crippen molar-refractivity contribution in [3.05, 3.63) is 23.8 Å². The maximum absolute atomic E-state index is 4.14. The first-order chi connectivity index (χ1) is 5.27. The van der Waals surface area contributed by atoms with Gasteiger partial charge in [-0.1, -0.05) is 6.58 Å². The molecule has 0 aliphatic carbocycles. The van der Waals surface area contributed by atoms with Crippen LogP contribution < -0.4 is 0 Å². The average molecular weight is 164 g/mol. The summed E-state index contributed by atoms with van der Waals surface area (Å²) in [6.07, 6.45) is 0. The van der Waals surface area contributed by atoms with E-state index >= 15 is 0 Å². The van der Waals surface area contributed by atoms with Crippen molar-refractivity contribution in [1.29, 1.82) is 0 Å². The van der Waals surface area contributed by atoms with Crippen LogP contribution >= 0.6 is 11.3 Å². The van der Waals surface area contributed by atoms with Crippen LogP contribution in [0.2, 0.25) is 0 Å². The number of H-pyrrole nitrogens is 1. The zero-order chi connectivity index (χ0) is 7.84. The summed E-state index contributed by atoms with van der Waals surface area (Å²) in [5.41, 5.74) is 4.94. The standard InChI is InChI=1S/C8H8N2S/c1-5(2)6-3-7-8(10-6)9-4-11-7/h3-4,10H,1H2,2H3. The number of nitrogens with zero attached hydrogens (tertiary/aromatic N) is 1. The highest BCUT2D eigenvalue weighted by molar-refractivity contribution is 7.16. The highest BCUT2D eigenvalue weighted by Crippen LogP contribution is 2.21. The Balaban J connectivity index is 2.67. The summed E-state index contributed by atoms with van der Waals surface area (Å²) in [6.45, 7) is 5.83. The van der Waals surface area contributed by atoms with E-state index in [4.69, 9.17) is 0 Å². The molecule has 3 heteroatoms. The van der Waals surface area contributed by atoms with Crippen LogP contribution in [0.4, 0.5) is 0 Å².